The Balaban J connectivity index is 1.72. The molecule has 1 N–H and O–H groups in total. The fourth-order valence-corrected chi connectivity index (χ4v) is 4.54. The molecule has 1 fully saturated rings. The molecule has 9 heteroatoms. The molecule has 2 rings (SSSR count). The van der Waals surface area contributed by atoms with Crippen LogP contribution < -0.4 is 0 Å². The second-order valence-electron chi connectivity index (χ2n) is 5.31. The molecule has 0 unspecified atom stereocenters. The lowest BCUT2D eigenvalue weighted by Gasteiger charge is -2.34. The fourth-order valence-electron chi connectivity index (χ4n) is 2.36. The number of carboxylic acids is 1. The molecule has 1 aromatic rings. The summed E-state index contributed by atoms with van der Waals surface area (Å²) in [5, 5.41) is 8.55. The van der Waals surface area contributed by atoms with E-state index in [0.717, 1.165) is 37.1 Å². The van der Waals surface area contributed by atoms with E-state index < -0.39 is 21.6 Å². The van der Waals surface area contributed by atoms with Crippen molar-refractivity contribution in [2.24, 2.45) is 0 Å². The first-order valence-electron chi connectivity index (χ1n) is 6.95. The summed E-state index contributed by atoms with van der Waals surface area (Å²) in [4.78, 5) is 16.1. The first-order valence-corrected chi connectivity index (χ1v) is 9.97. The Morgan fingerprint density at radius 2 is 1.86 bits per heavy atom. The number of sulfone groups is 1. The number of nitrogens with zero attached hydrogens (tertiary/aromatic N) is 2. The van der Waals surface area contributed by atoms with Crippen molar-refractivity contribution >= 4 is 38.7 Å². The zero-order valence-corrected chi connectivity index (χ0v) is 14.5. The topological polar surface area (TPSA) is 77.9 Å². The van der Waals surface area contributed by atoms with Gasteiger partial charge in [-0.05, 0) is 12.1 Å². The Labute approximate surface area is 139 Å². The third kappa shape index (κ3) is 5.85. The second kappa shape index (κ2) is 7.74. The van der Waals surface area contributed by atoms with Crippen LogP contribution in [0.3, 0.4) is 0 Å². The smallest absolute Gasteiger partial charge is 0.318 e. The third-order valence-corrected chi connectivity index (χ3v) is 6.24. The van der Waals surface area contributed by atoms with Crippen molar-refractivity contribution in [3.8, 4) is 0 Å². The lowest BCUT2D eigenvalue weighted by Crippen LogP contribution is -2.47. The molecule has 0 saturated carbocycles. The monoisotopic (exact) mass is 366 g/mol. The molecule has 1 aliphatic heterocycles. The molecule has 0 amide bonds. The van der Waals surface area contributed by atoms with E-state index in [4.69, 9.17) is 16.7 Å². The number of carboxylic acid groups (broad SMARTS) is 1. The van der Waals surface area contributed by atoms with Gasteiger partial charge in [0.2, 0.25) is 0 Å². The summed E-state index contributed by atoms with van der Waals surface area (Å²) in [5.74, 6) is -2.18. The normalized spacial score (nSPS) is 17.7. The van der Waals surface area contributed by atoms with Gasteiger partial charge < -0.3 is 5.11 Å². The quantitative estimate of drug-likeness (QED) is 0.776. The largest absolute Gasteiger partial charge is 0.480 e. The van der Waals surface area contributed by atoms with Gasteiger partial charge in [0.1, 0.15) is 5.75 Å². The molecule has 6 nitrogen and oxygen atoms in total. The van der Waals surface area contributed by atoms with E-state index in [2.05, 4.69) is 9.80 Å². The van der Waals surface area contributed by atoms with Crippen molar-refractivity contribution in [3.63, 3.8) is 0 Å². The maximum Gasteiger partial charge on any atom is 0.318 e. The highest BCUT2D eigenvalue weighted by atomic mass is 35.5. The number of thiophene rings is 1. The molecule has 0 radical (unpaired) electrons. The molecule has 2 heterocycles. The highest BCUT2D eigenvalue weighted by molar-refractivity contribution is 7.92. The molecular formula is C13H19ClN2O4S2. The number of piperazine rings is 1. The summed E-state index contributed by atoms with van der Waals surface area (Å²) in [5.41, 5.74) is 0. The van der Waals surface area contributed by atoms with Crippen molar-refractivity contribution in [1.29, 1.82) is 0 Å². The Kier molecular flexibility index (Phi) is 6.22. The zero-order chi connectivity index (χ0) is 16.2. The van der Waals surface area contributed by atoms with Crippen LogP contribution in [0.15, 0.2) is 12.1 Å². The van der Waals surface area contributed by atoms with E-state index in [-0.39, 0.29) is 5.75 Å². The molecule has 1 aliphatic rings. The first-order chi connectivity index (χ1) is 10.3. The molecular weight excluding hydrogens is 348 g/mol. The lowest BCUT2D eigenvalue weighted by molar-refractivity contribution is -0.134. The fraction of sp³-hybridized carbons (Fsp3) is 0.615. The van der Waals surface area contributed by atoms with Gasteiger partial charge >= 0.3 is 5.97 Å². The van der Waals surface area contributed by atoms with Gasteiger partial charge in [0.15, 0.2) is 9.84 Å². The van der Waals surface area contributed by atoms with Crippen molar-refractivity contribution in [1.82, 2.24) is 9.80 Å². The maximum atomic E-state index is 11.6. The van der Waals surface area contributed by atoms with E-state index >= 15 is 0 Å². The van der Waals surface area contributed by atoms with E-state index in [0.29, 0.717) is 6.54 Å². The molecule has 0 aliphatic carbocycles. The Morgan fingerprint density at radius 1 is 1.23 bits per heavy atom. The van der Waals surface area contributed by atoms with E-state index in [1.54, 1.807) is 11.3 Å². The number of hydrogen-bond acceptors (Lipinski definition) is 6. The van der Waals surface area contributed by atoms with Crippen LogP contribution >= 0.6 is 22.9 Å². The summed E-state index contributed by atoms with van der Waals surface area (Å²) in [6.45, 7) is 4.59. The summed E-state index contributed by atoms with van der Waals surface area (Å²) < 4.78 is 23.9. The Hall–Kier alpha value is -0.670. The standard InChI is InChI=1S/C13H19ClN2O4S2/c14-12-2-1-11(21-12)9-16-5-3-15(4-6-16)7-8-22(19,20)10-13(17)18/h1-2H,3-10H2,(H,17,18). The van der Waals surface area contributed by atoms with Gasteiger partial charge in [-0.2, -0.15) is 0 Å². The summed E-state index contributed by atoms with van der Waals surface area (Å²) in [6, 6.07) is 3.92. The van der Waals surface area contributed by atoms with Crippen LogP contribution in [0.1, 0.15) is 4.88 Å². The van der Waals surface area contributed by atoms with Gasteiger partial charge in [0, 0.05) is 44.1 Å². The van der Waals surface area contributed by atoms with E-state index in [1.165, 1.54) is 4.88 Å². The minimum Gasteiger partial charge on any atom is -0.480 e. The maximum absolute atomic E-state index is 11.6. The molecule has 22 heavy (non-hydrogen) atoms. The Morgan fingerprint density at radius 3 is 2.41 bits per heavy atom. The average molecular weight is 367 g/mol. The molecule has 1 saturated heterocycles. The highest BCUT2D eigenvalue weighted by Crippen LogP contribution is 2.23. The van der Waals surface area contributed by atoms with Gasteiger partial charge in [0.05, 0.1) is 10.1 Å². The van der Waals surface area contributed by atoms with Crippen LogP contribution in [0.4, 0.5) is 0 Å². The predicted molar refractivity (Wildman–Crippen MR) is 87.3 cm³/mol. The molecule has 1 aromatic heterocycles. The summed E-state index contributed by atoms with van der Waals surface area (Å²) >= 11 is 7.49. The van der Waals surface area contributed by atoms with E-state index in [1.807, 2.05) is 12.1 Å². The molecule has 0 atom stereocenters. The van der Waals surface area contributed by atoms with Crippen LogP contribution in [0, 0.1) is 0 Å². The van der Waals surface area contributed by atoms with Gasteiger partial charge in [-0.1, -0.05) is 11.6 Å². The van der Waals surface area contributed by atoms with Crippen molar-refractivity contribution in [3.05, 3.63) is 21.3 Å². The second-order valence-corrected chi connectivity index (χ2v) is 9.29. The third-order valence-electron chi connectivity index (χ3n) is 3.54. The van der Waals surface area contributed by atoms with Crippen LogP contribution in [0.2, 0.25) is 4.34 Å². The van der Waals surface area contributed by atoms with E-state index in [9.17, 15) is 13.2 Å². The minimum absolute atomic E-state index is 0.0974. The van der Waals surface area contributed by atoms with Crippen molar-refractivity contribution in [2.75, 3.05) is 44.2 Å². The molecule has 0 aromatic carbocycles. The van der Waals surface area contributed by atoms with Crippen LogP contribution in [0.25, 0.3) is 0 Å². The van der Waals surface area contributed by atoms with Crippen LogP contribution in [-0.4, -0.2) is 73.5 Å². The number of hydrogen-bond donors (Lipinski definition) is 1. The number of carbonyl (C=O) groups is 1. The molecule has 124 valence electrons. The average Bonchev–Trinajstić information content (AvgIpc) is 2.82. The summed E-state index contributed by atoms with van der Waals surface area (Å²) in [7, 11) is -3.51. The Bertz CT molecular complexity index is 609. The highest BCUT2D eigenvalue weighted by Gasteiger charge is 2.21. The van der Waals surface area contributed by atoms with Gasteiger partial charge in [0.25, 0.3) is 0 Å². The van der Waals surface area contributed by atoms with Crippen molar-refractivity contribution < 1.29 is 18.3 Å². The van der Waals surface area contributed by atoms with Gasteiger partial charge in [-0.15, -0.1) is 11.3 Å². The van der Waals surface area contributed by atoms with Gasteiger partial charge in [-0.25, -0.2) is 8.42 Å². The summed E-state index contributed by atoms with van der Waals surface area (Å²) in [6.07, 6.45) is 0. The number of rotatable bonds is 7. The van der Waals surface area contributed by atoms with Crippen LogP contribution in [-0.2, 0) is 21.2 Å². The minimum atomic E-state index is -3.51. The predicted octanol–water partition coefficient (Wildman–Crippen LogP) is 1.02. The SMILES string of the molecule is O=C(O)CS(=O)(=O)CCN1CCN(Cc2ccc(Cl)s2)CC1. The lowest BCUT2D eigenvalue weighted by atomic mass is 10.3. The van der Waals surface area contributed by atoms with Gasteiger partial charge in [-0.3, -0.25) is 14.6 Å². The molecule has 0 bridgehead atoms. The first kappa shape index (κ1) is 17.7. The number of halogens is 1. The van der Waals surface area contributed by atoms with Crippen LogP contribution in [0.5, 0.6) is 0 Å². The number of aliphatic carboxylic acids is 1. The van der Waals surface area contributed by atoms with Crippen molar-refractivity contribution in [2.45, 2.75) is 6.54 Å². The molecule has 0 spiro atoms. The zero-order valence-electron chi connectivity index (χ0n) is 12.1.